The van der Waals surface area contributed by atoms with Crippen molar-refractivity contribution in [3.05, 3.63) is 83.4 Å². The van der Waals surface area contributed by atoms with E-state index in [4.69, 9.17) is 11.6 Å². The number of fused-ring (bicyclic) bond motifs is 2. The molecule has 0 saturated carbocycles. The van der Waals surface area contributed by atoms with Crippen LogP contribution in [0.5, 0.6) is 0 Å². The molecule has 0 aromatic heterocycles. The van der Waals surface area contributed by atoms with Gasteiger partial charge in [-0.1, -0.05) is 0 Å². The predicted molar refractivity (Wildman–Crippen MR) is 95.8 cm³/mol. The summed E-state index contributed by atoms with van der Waals surface area (Å²) in [6, 6.07) is 23.2. The quantitative estimate of drug-likeness (QED) is 0.590. The van der Waals surface area contributed by atoms with Crippen LogP contribution in [0.15, 0.2) is 72.8 Å². The monoisotopic (exact) mass is 385 g/mol. The molecular weight excluding hydrogens is 373 g/mol. The van der Waals surface area contributed by atoms with E-state index in [1.165, 1.54) is 8.92 Å². The second kappa shape index (κ2) is 5.86. The molecule has 0 unspecified atom stereocenters. The molecule has 112 valence electrons. The van der Waals surface area contributed by atoms with Crippen LogP contribution in [0.1, 0.15) is 10.4 Å². The summed E-state index contributed by atoms with van der Waals surface area (Å²) in [5.41, 5.74) is 2.52. The van der Waals surface area contributed by atoms with E-state index < -0.39 is 0 Å². The molecule has 0 atom stereocenters. The number of para-hydroxylation sites is 1. The van der Waals surface area contributed by atoms with Gasteiger partial charge in [0.05, 0.1) is 0 Å². The molecule has 0 bridgehead atoms. The first kappa shape index (κ1) is 14.5. The Morgan fingerprint density at radius 3 is 2.35 bits per heavy atom. The van der Waals surface area contributed by atoms with E-state index in [1.807, 2.05) is 66.7 Å². The molecule has 2 nitrogen and oxygen atoms in total. The van der Waals surface area contributed by atoms with Crippen LogP contribution in [0, 0.1) is 0 Å². The normalized spacial score (nSPS) is 12.5. The van der Waals surface area contributed by atoms with Gasteiger partial charge in [-0.05, 0) is 0 Å². The minimum atomic E-state index is -0.0305. The fraction of sp³-hybridized carbons (Fsp3) is 0. The van der Waals surface area contributed by atoms with Gasteiger partial charge in [0.25, 0.3) is 0 Å². The van der Waals surface area contributed by atoms with Crippen LogP contribution in [0.4, 0.5) is 11.4 Å². The Hall–Kier alpha value is -2.06. The van der Waals surface area contributed by atoms with Gasteiger partial charge in [0.1, 0.15) is 0 Å². The van der Waals surface area contributed by atoms with Gasteiger partial charge in [-0.2, -0.15) is 0 Å². The van der Waals surface area contributed by atoms with Crippen molar-refractivity contribution in [2.45, 2.75) is 0 Å². The Morgan fingerprint density at radius 1 is 0.826 bits per heavy atom. The molecule has 3 aromatic rings. The zero-order valence-corrected chi connectivity index (χ0v) is 14.5. The molecule has 0 spiro atoms. The SMILES string of the molecule is O=C(c1ccccc1)N1c2ccccc2[Se]c2ccc(Cl)cc21. The van der Waals surface area contributed by atoms with Crippen LogP contribution >= 0.6 is 11.6 Å². The first-order chi connectivity index (χ1) is 11.2. The van der Waals surface area contributed by atoms with Crippen LogP contribution in [-0.4, -0.2) is 20.9 Å². The van der Waals surface area contributed by atoms with Crippen LogP contribution in [0.3, 0.4) is 0 Å². The third kappa shape index (κ3) is 2.57. The summed E-state index contributed by atoms with van der Waals surface area (Å²) in [6.45, 7) is 0. The fourth-order valence-electron chi connectivity index (χ4n) is 2.66. The molecule has 3 aromatic carbocycles. The van der Waals surface area contributed by atoms with Crippen molar-refractivity contribution in [1.29, 1.82) is 0 Å². The number of carbonyl (C=O) groups is 1. The number of rotatable bonds is 1. The second-order valence-corrected chi connectivity index (χ2v) is 7.90. The summed E-state index contributed by atoms with van der Waals surface area (Å²) in [4.78, 5) is 14.9. The minimum absolute atomic E-state index is 0.0305. The zero-order valence-electron chi connectivity index (χ0n) is 12.1. The molecule has 1 amide bonds. The number of hydrogen-bond donors (Lipinski definition) is 0. The molecule has 0 aliphatic carbocycles. The fourth-order valence-corrected chi connectivity index (χ4v) is 5.00. The van der Waals surface area contributed by atoms with Gasteiger partial charge in [0.2, 0.25) is 0 Å². The average molecular weight is 385 g/mol. The van der Waals surface area contributed by atoms with Crippen molar-refractivity contribution in [3.8, 4) is 0 Å². The van der Waals surface area contributed by atoms with Crippen molar-refractivity contribution in [3.63, 3.8) is 0 Å². The number of nitrogens with zero attached hydrogens (tertiary/aromatic N) is 1. The summed E-state index contributed by atoms with van der Waals surface area (Å²) < 4.78 is 2.38. The third-order valence-electron chi connectivity index (χ3n) is 3.71. The van der Waals surface area contributed by atoms with Gasteiger partial charge >= 0.3 is 146 Å². The molecule has 0 fully saturated rings. The summed E-state index contributed by atoms with van der Waals surface area (Å²) in [6.07, 6.45) is 0. The Bertz CT molecular complexity index is 895. The van der Waals surface area contributed by atoms with Gasteiger partial charge < -0.3 is 0 Å². The molecule has 1 aliphatic heterocycles. The Balaban J connectivity index is 1.91. The number of anilines is 2. The molecule has 1 aliphatic rings. The van der Waals surface area contributed by atoms with Crippen molar-refractivity contribution in [2.75, 3.05) is 4.90 Å². The van der Waals surface area contributed by atoms with E-state index in [2.05, 4.69) is 6.07 Å². The predicted octanol–water partition coefficient (Wildman–Crippen LogP) is 3.29. The van der Waals surface area contributed by atoms with Crippen molar-refractivity contribution in [1.82, 2.24) is 0 Å². The molecule has 4 heteroatoms. The Kier molecular flexibility index (Phi) is 3.70. The Morgan fingerprint density at radius 2 is 1.52 bits per heavy atom. The van der Waals surface area contributed by atoms with Crippen LogP contribution < -0.4 is 13.8 Å². The van der Waals surface area contributed by atoms with E-state index in [-0.39, 0.29) is 20.9 Å². The first-order valence-electron chi connectivity index (χ1n) is 7.20. The summed E-state index contributed by atoms with van der Waals surface area (Å²) in [5.74, 6) is -0.0305. The van der Waals surface area contributed by atoms with Gasteiger partial charge in [0, 0.05) is 0 Å². The van der Waals surface area contributed by atoms with E-state index in [9.17, 15) is 4.79 Å². The van der Waals surface area contributed by atoms with E-state index in [1.54, 1.807) is 4.90 Å². The molecule has 0 radical (unpaired) electrons. The maximum absolute atomic E-state index is 13.1. The molecule has 4 rings (SSSR count). The third-order valence-corrected chi connectivity index (χ3v) is 6.32. The average Bonchev–Trinajstić information content (AvgIpc) is 2.60. The number of hydrogen-bond acceptors (Lipinski definition) is 1. The molecule has 23 heavy (non-hydrogen) atoms. The summed E-state index contributed by atoms with van der Waals surface area (Å²) in [5, 5.41) is 0.643. The van der Waals surface area contributed by atoms with Gasteiger partial charge in [-0.3, -0.25) is 0 Å². The standard InChI is InChI=1S/C19H12ClNOSe/c20-14-10-11-18-16(12-14)21(15-8-4-5-9-17(15)23-18)19(22)13-6-2-1-3-7-13/h1-12H. The van der Waals surface area contributed by atoms with Crippen molar-refractivity contribution >= 4 is 52.8 Å². The summed E-state index contributed by atoms with van der Waals surface area (Å²) >= 11 is 6.36. The van der Waals surface area contributed by atoms with E-state index in [0.717, 1.165) is 11.4 Å². The zero-order chi connectivity index (χ0) is 15.8. The van der Waals surface area contributed by atoms with Crippen molar-refractivity contribution in [2.24, 2.45) is 0 Å². The number of amides is 1. The Labute approximate surface area is 145 Å². The van der Waals surface area contributed by atoms with Crippen LogP contribution in [0.2, 0.25) is 5.02 Å². The molecule has 0 saturated heterocycles. The van der Waals surface area contributed by atoms with E-state index in [0.29, 0.717) is 10.6 Å². The number of benzene rings is 3. The maximum atomic E-state index is 13.1. The first-order valence-corrected chi connectivity index (χ1v) is 9.29. The number of carbonyl (C=O) groups excluding carboxylic acids is 1. The molecule has 1 heterocycles. The number of halogens is 1. The van der Waals surface area contributed by atoms with Gasteiger partial charge in [-0.25, -0.2) is 0 Å². The van der Waals surface area contributed by atoms with Crippen molar-refractivity contribution < 1.29 is 4.79 Å². The van der Waals surface area contributed by atoms with E-state index >= 15 is 0 Å². The summed E-state index contributed by atoms with van der Waals surface area (Å²) in [7, 11) is 0. The molecular formula is C19H12ClNOSe. The van der Waals surface area contributed by atoms with Crippen LogP contribution in [0.25, 0.3) is 0 Å². The molecule has 0 N–H and O–H groups in total. The topological polar surface area (TPSA) is 20.3 Å². The van der Waals surface area contributed by atoms with Gasteiger partial charge in [0.15, 0.2) is 0 Å². The van der Waals surface area contributed by atoms with Gasteiger partial charge in [-0.15, -0.1) is 0 Å². The second-order valence-electron chi connectivity index (χ2n) is 5.19. The van der Waals surface area contributed by atoms with Crippen LogP contribution in [-0.2, 0) is 0 Å².